The number of benzene rings is 1. The number of rotatable bonds is 1. The van der Waals surface area contributed by atoms with Crippen molar-refractivity contribution in [3.05, 3.63) is 53.1 Å². The number of nitrogens with zero attached hydrogens (tertiary/aromatic N) is 3. The summed E-state index contributed by atoms with van der Waals surface area (Å²) >= 11 is 0. The summed E-state index contributed by atoms with van der Waals surface area (Å²) in [6.07, 6.45) is 3.36. The molecule has 5 heteroatoms. The number of nitrogens with one attached hydrogen (secondary N) is 1. The van der Waals surface area contributed by atoms with Crippen molar-refractivity contribution in [1.82, 2.24) is 19.7 Å². The van der Waals surface area contributed by atoms with Gasteiger partial charge in [-0.1, -0.05) is 12.1 Å². The summed E-state index contributed by atoms with van der Waals surface area (Å²) in [5, 5.41) is 4.60. The van der Waals surface area contributed by atoms with Gasteiger partial charge in [-0.05, 0) is 18.2 Å². The Bertz CT molecular complexity index is 685. The van der Waals surface area contributed by atoms with Gasteiger partial charge in [0.2, 0.25) is 5.95 Å². The molecule has 0 aliphatic rings. The predicted molar refractivity (Wildman–Crippen MR) is 59.5 cm³/mol. The first-order valence-corrected chi connectivity index (χ1v) is 4.84. The molecule has 2 heterocycles. The minimum atomic E-state index is -0.156. The van der Waals surface area contributed by atoms with Crippen molar-refractivity contribution >= 4 is 10.9 Å². The molecule has 0 unspecified atom stereocenters. The van der Waals surface area contributed by atoms with Crippen LogP contribution >= 0.6 is 0 Å². The number of hydrogen-bond donors (Lipinski definition) is 1. The van der Waals surface area contributed by atoms with E-state index < -0.39 is 0 Å². The molecular weight excluding hydrogens is 204 g/mol. The molecule has 0 saturated carbocycles. The smallest absolute Gasteiger partial charge is 0.260 e. The van der Waals surface area contributed by atoms with Crippen LogP contribution in [0.5, 0.6) is 0 Å². The van der Waals surface area contributed by atoms with Crippen molar-refractivity contribution in [3.8, 4) is 5.95 Å². The van der Waals surface area contributed by atoms with Crippen molar-refractivity contribution < 1.29 is 0 Å². The van der Waals surface area contributed by atoms with E-state index in [9.17, 15) is 4.79 Å². The van der Waals surface area contributed by atoms with Crippen molar-refractivity contribution in [3.63, 3.8) is 0 Å². The van der Waals surface area contributed by atoms with Gasteiger partial charge in [0.05, 0.1) is 10.9 Å². The molecule has 0 radical (unpaired) electrons. The first-order valence-electron chi connectivity index (χ1n) is 4.84. The van der Waals surface area contributed by atoms with E-state index in [2.05, 4.69) is 15.1 Å². The van der Waals surface area contributed by atoms with E-state index in [-0.39, 0.29) is 5.56 Å². The van der Waals surface area contributed by atoms with Gasteiger partial charge in [-0.3, -0.25) is 9.78 Å². The molecule has 0 spiro atoms. The van der Waals surface area contributed by atoms with Crippen LogP contribution in [0.15, 0.2) is 47.5 Å². The maximum absolute atomic E-state index is 11.8. The van der Waals surface area contributed by atoms with Crippen molar-refractivity contribution in [1.29, 1.82) is 0 Å². The third kappa shape index (κ3) is 1.30. The van der Waals surface area contributed by atoms with Crippen LogP contribution in [0.2, 0.25) is 0 Å². The lowest BCUT2D eigenvalue weighted by atomic mass is 10.2. The van der Waals surface area contributed by atoms with Crippen molar-refractivity contribution in [2.75, 3.05) is 0 Å². The second kappa shape index (κ2) is 3.30. The summed E-state index contributed by atoms with van der Waals surface area (Å²) in [6, 6.07) is 8.98. The maximum Gasteiger partial charge on any atom is 0.260 e. The Labute approximate surface area is 90.4 Å². The number of aromatic nitrogens is 4. The minimum absolute atomic E-state index is 0.156. The summed E-state index contributed by atoms with van der Waals surface area (Å²) < 4.78 is 1.52. The van der Waals surface area contributed by atoms with Crippen LogP contribution in [0.3, 0.4) is 0 Å². The zero-order valence-electron chi connectivity index (χ0n) is 8.29. The molecule has 0 atom stereocenters. The zero-order chi connectivity index (χ0) is 11.0. The van der Waals surface area contributed by atoms with Gasteiger partial charge in [-0.25, -0.2) is 9.67 Å². The summed E-state index contributed by atoms with van der Waals surface area (Å²) in [5.74, 6) is 0.425. The number of aromatic amines is 1. The van der Waals surface area contributed by atoms with Crippen LogP contribution in [-0.2, 0) is 0 Å². The van der Waals surface area contributed by atoms with Gasteiger partial charge < -0.3 is 0 Å². The van der Waals surface area contributed by atoms with Gasteiger partial charge in [0, 0.05) is 12.4 Å². The second-order valence-corrected chi connectivity index (χ2v) is 3.36. The first-order chi connectivity index (χ1) is 7.84. The summed E-state index contributed by atoms with van der Waals surface area (Å²) in [4.78, 5) is 18.8. The van der Waals surface area contributed by atoms with Crippen molar-refractivity contribution in [2.24, 2.45) is 0 Å². The number of H-pyrrole nitrogens is 1. The van der Waals surface area contributed by atoms with E-state index >= 15 is 0 Å². The monoisotopic (exact) mass is 212 g/mol. The fourth-order valence-electron chi connectivity index (χ4n) is 1.58. The summed E-state index contributed by atoms with van der Waals surface area (Å²) in [6.45, 7) is 0. The minimum Gasteiger partial charge on any atom is -0.290 e. The molecule has 0 bridgehead atoms. The Kier molecular flexibility index (Phi) is 1.83. The van der Waals surface area contributed by atoms with Crippen LogP contribution in [0.25, 0.3) is 16.9 Å². The zero-order valence-corrected chi connectivity index (χ0v) is 8.29. The third-order valence-electron chi connectivity index (χ3n) is 2.32. The lowest BCUT2D eigenvalue weighted by Crippen LogP contribution is -2.13. The second-order valence-electron chi connectivity index (χ2n) is 3.36. The molecule has 2 aromatic heterocycles. The average molecular weight is 212 g/mol. The highest BCUT2D eigenvalue weighted by Crippen LogP contribution is 2.07. The molecule has 3 aromatic rings. The molecule has 1 aromatic carbocycles. The van der Waals surface area contributed by atoms with Gasteiger partial charge in [0.15, 0.2) is 0 Å². The third-order valence-corrected chi connectivity index (χ3v) is 2.32. The molecule has 1 N–H and O–H groups in total. The van der Waals surface area contributed by atoms with E-state index in [4.69, 9.17) is 0 Å². The maximum atomic E-state index is 11.8. The van der Waals surface area contributed by atoms with E-state index in [1.807, 2.05) is 12.1 Å². The summed E-state index contributed by atoms with van der Waals surface area (Å²) in [5.41, 5.74) is 0.507. The van der Waals surface area contributed by atoms with Crippen LogP contribution in [-0.4, -0.2) is 19.7 Å². The molecule has 0 aliphatic heterocycles. The highest BCUT2D eigenvalue weighted by atomic mass is 16.1. The fourth-order valence-corrected chi connectivity index (χ4v) is 1.58. The van der Waals surface area contributed by atoms with Crippen LogP contribution in [0.1, 0.15) is 0 Å². The Hall–Kier alpha value is -2.43. The Morgan fingerprint density at radius 2 is 2.06 bits per heavy atom. The Balaban J connectivity index is 2.34. The number of fused-ring (bicyclic) bond motifs is 1. The normalized spacial score (nSPS) is 10.8. The average Bonchev–Trinajstić information content (AvgIpc) is 2.82. The SMILES string of the molecule is O=c1[nH]c(-n2cccn2)nc2ccccc12. The molecule has 0 saturated heterocycles. The van der Waals surface area contributed by atoms with Gasteiger partial charge in [-0.2, -0.15) is 5.10 Å². The molecule has 78 valence electrons. The molecule has 16 heavy (non-hydrogen) atoms. The largest absolute Gasteiger partial charge is 0.290 e. The van der Waals surface area contributed by atoms with E-state index in [1.54, 1.807) is 30.6 Å². The van der Waals surface area contributed by atoms with Crippen LogP contribution in [0, 0.1) is 0 Å². The van der Waals surface area contributed by atoms with Crippen LogP contribution in [0.4, 0.5) is 0 Å². The van der Waals surface area contributed by atoms with Gasteiger partial charge in [0.25, 0.3) is 5.56 Å². The van der Waals surface area contributed by atoms with Crippen LogP contribution < -0.4 is 5.56 Å². The summed E-state index contributed by atoms with van der Waals surface area (Å²) in [7, 11) is 0. The first kappa shape index (κ1) is 8.84. The molecule has 0 fully saturated rings. The van der Waals surface area contributed by atoms with E-state index in [0.717, 1.165) is 0 Å². The molecule has 5 nitrogen and oxygen atoms in total. The molecule has 3 rings (SSSR count). The standard InChI is InChI=1S/C11H8N4O/c16-10-8-4-1-2-5-9(8)13-11(14-10)15-7-3-6-12-15/h1-7H,(H,13,14,16). The van der Waals surface area contributed by atoms with Crippen molar-refractivity contribution in [2.45, 2.75) is 0 Å². The lowest BCUT2D eigenvalue weighted by molar-refractivity contribution is 0.810. The van der Waals surface area contributed by atoms with E-state index in [1.165, 1.54) is 4.68 Å². The quantitative estimate of drug-likeness (QED) is 0.657. The number of para-hydroxylation sites is 1. The Morgan fingerprint density at radius 3 is 2.88 bits per heavy atom. The highest BCUT2D eigenvalue weighted by molar-refractivity contribution is 5.77. The molecule has 0 amide bonds. The lowest BCUT2D eigenvalue weighted by Gasteiger charge is -2.01. The number of hydrogen-bond acceptors (Lipinski definition) is 3. The van der Waals surface area contributed by atoms with Gasteiger partial charge in [-0.15, -0.1) is 0 Å². The highest BCUT2D eigenvalue weighted by Gasteiger charge is 2.03. The molecule has 0 aliphatic carbocycles. The van der Waals surface area contributed by atoms with Gasteiger partial charge in [0.1, 0.15) is 0 Å². The Morgan fingerprint density at radius 1 is 1.19 bits per heavy atom. The topological polar surface area (TPSA) is 63.6 Å². The van der Waals surface area contributed by atoms with Gasteiger partial charge >= 0.3 is 0 Å². The predicted octanol–water partition coefficient (Wildman–Crippen LogP) is 1.11. The fraction of sp³-hybridized carbons (Fsp3) is 0. The molecular formula is C11H8N4O. The van der Waals surface area contributed by atoms with E-state index in [0.29, 0.717) is 16.9 Å².